The van der Waals surface area contributed by atoms with Crippen molar-refractivity contribution in [2.75, 3.05) is 12.4 Å². The second-order valence-electron chi connectivity index (χ2n) is 6.83. The van der Waals surface area contributed by atoms with Gasteiger partial charge >= 0.3 is 11.9 Å². The first-order valence-corrected chi connectivity index (χ1v) is 8.98. The number of carboxylic acid groups (broad SMARTS) is 1. The Balaban J connectivity index is 2.36. The first kappa shape index (κ1) is 20.4. The third-order valence-corrected chi connectivity index (χ3v) is 4.94. The maximum Gasteiger partial charge on any atom is 0.350 e. The Labute approximate surface area is 161 Å². The molecule has 2 N–H and O–H groups in total. The van der Waals surface area contributed by atoms with Crippen molar-refractivity contribution in [2.24, 2.45) is 0 Å². The van der Waals surface area contributed by atoms with Crippen LogP contribution in [0, 0.1) is 0 Å². The van der Waals surface area contributed by atoms with Crippen molar-refractivity contribution in [2.45, 2.75) is 26.2 Å². The molecule has 0 saturated carbocycles. The highest BCUT2D eigenvalue weighted by atomic mass is 32.1. The molecule has 27 heavy (non-hydrogen) atoms. The van der Waals surface area contributed by atoms with E-state index in [0.29, 0.717) is 0 Å². The molecule has 1 aromatic heterocycles. The zero-order chi connectivity index (χ0) is 20.2. The Kier molecular flexibility index (Phi) is 6.17. The molecule has 1 heterocycles. The minimum absolute atomic E-state index is 0.0285. The zero-order valence-corrected chi connectivity index (χ0v) is 16.3. The van der Waals surface area contributed by atoms with E-state index in [0.717, 1.165) is 22.6 Å². The Hall–Kier alpha value is -2.93. The lowest BCUT2D eigenvalue weighted by Gasteiger charge is -2.18. The standard InChI is InChI=1S/C20H21NO5S/c1-20(2,3)13-7-5-12(6-8-13)15-11-14(18(27-15)19(25)26-4)21-16(22)9-10-17(23)24/h5-11H,1-4H3,(H,21,22)(H,23,24)/b10-9+. The number of methoxy groups -OCH3 is 1. The smallest absolute Gasteiger partial charge is 0.350 e. The van der Waals surface area contributed by atoms with E-state index in [4.69, 9.17) is 9.84 Å². The third-order valence-electron chi connectivity index (χ3n) is 3.77. The monoisotopic (exact) mass is 387 g/mol. The Morgan fingerprint density at radius 2 is 1.74 bits per heavy atom. The summed E-state index contributed by atoms with van der Waals surface area (Å²) in [5.41, 5.74) is 2.39. The normalized spacial score (nSPS) is 11.4. The van der Waals surface area contributed by atoms with E-state index >= 15 is 0 Å². The number of nitrogens with one attached hydrogen (secondary N) is 1. The molecule has 0 atom stereocenters. The van der Waals surface area contributed by atoms with Crippen molar-refractivity contribution in [3.05, 3.63) is 52.9 Å². The van der Waals surface area contributed by atoms with E-state index in [2.05, 4.69) is 26.1 Å². The topological polar surface area (TPSA) is 92.7 Å². The number of carboxylic acids is 1. The highest BCUT2D eigenvalue weighted by Gasteiger charge is 2.20. The van der Waals surface area contributed by atoms with Gasteiger partial charge in [0.2, 0.25) is 5.91 Å². The van der Waals surface area contributed by atoms with Crippen molar-refractivity contribution >= 4 is 34.9 Å². The lowest BCUT2D eigenvalue weighted by atomic mass is 9.86. The number of carbonyl (C=O) groups excluding carboxylic acids is 2. The summed E-state index contributed by atoms with van der Waals surface area (Å²) in [4.78, 5) is 35.5. The Morgan fingerprint density at radius 3 is 2.26 bits per heavy atom. The van der Waals surface area contributed by atoms with Crippen molar-refractivity contribution < 1.29 is 24.2 Å². The van der Waals surface area contributed by atoms with Crippen LogP contribution in [0.1, 0.15) is 36.0 Å². The first-order chi connectivity index (χ1) is 12.6. The number of benzene rings is 1. The van der Waals surface area contributed by atoms with Gasteiger partial charge < -0.3 is 15.2 Å². The van der Waals surface area contributed by atoms with Crippen molar-refractivity contribution in [3.8, 4) is 10.4 Å². The van der Waals surface area contributed by atoms with E-state index in [9.17, 15) is 14.4 Å². The van der Waals surface area contributed by atoms with E-state index in [-0.39, 0.29) is 16.0 Å². The summed E-state index contributed by atoms with van der Waals surface area (Å²) in [5, 5.41) is 11.1. The Bertz CT molecular complexity index is 888. The van der Waals surface area contributed by atoms with Gasteiger partial charge in [-0.2, -0.15) is 0 Å². The number of rotatable bonds is 5. The molecule has 0 spiro atoms. The average molecular weight is 387 g/mol. The van der Waals surface area contributed by atoms with Crippen LogP contribution in [-0.4, -0.2) is 30.1 Å². The number of ether oxygens (including phenoxy) is 1. The quantitative estimate of drug-likeness (QED) is 0.596. The largest absolute Gasteiger partial charge is 0.478 e. The number of hydrogen-bond acceptors (Lipinski definition) is 5. The van der Waals surface area contributed by atoms with Crippen LogP contribution in [0.4, 0.5) is 5.69 Å². The number of esters is 1. The summed E-state index contributed by atoms with van der Waals surface area (Å²) in [6, 6.07) is 9.66. The molecule has 0 aliphatic heterocycles. The van der Waals surface area contributed by atoms with Gasteiger partial charge in [-0.25, -0.2) is 9.59 Å². The second-order valence-corrected chi connectivity index (χ2v) is 7.89. The van der Waals surface area contributed by atoms with Crippen LogP contribution in [0.2, 0.25) is 0 Å². The van der Waals surface area contributed by atoms with E-state index in [1.165, 1.54) is 24.0 Å². The average Bonchev–Trinajstić information content (AvgIpc) is 3.02. The van der Waals surface area contributed by atoms with Gasteiger partial charge in [0.15, 0.2) is 0 Å². The minimum Gasteiger partial charge on any atom is -0.478 e. The predicted molar refractivity (Wildman–Crippen MR) is 105 cm³/mol. The lowest BCUT2D eigenvalue weighted by Crippen LogP contribution is -2.11. The van der Waals surface area contributed by atoms with Gasteiger partial charge in [-0.15, -0.1) is 11.3 Å². The molecule has 0 radical (unpaired) electrons. The summed E-state index contributed by atoms with van der Waals surface area (Å²) >= 11 is 1.20. The Morgan fingerprint density at radius 1 is 1.11 bits per heavy atom. The van der Waals surface area contributed by atoms with Crippen LogP contribution in [-0.2, 0) is 19.7 Å². The van der Waals surface area contributed by atoms with Gasteiger partial charge in [0.05, 0.1) is 12.8 Å². The van der Waals surface area contributed by atoms with Crippen LogP contribution in [0.25, 0.3) is 10.4 Å². The molecule has 7 heteroatoms. The van der Waals surface area contributed by atoms with Gasteiger partial charge in [-0.3, -0.25) is 4.79 Å². The molecular formula is C20H21NO5S. The van der Waals surface area contributed by atoms with Gasteiger partial charge in [-0.1, -0.05) is 45.0 Å². The molecule has 1 aromatic carbocycles. The molecule has 0 unspecified atom stereocenters. The van der Waals surface area contributed by atoms with E-state index in [1.807, 2.05) is 24.3 Å². The van der Waals surface area contributed by atoms with Gasteiger partial charge in [0, 0.05) is 17.0 Å². The van der Waals surface area contributed by atoms with Crippen LogP contribution >= 0.6 is 11.3 Å². The summed E-state index contributed by atoms with van der Waals surface area (Å²) in [7, 11) is 1.26. The maximum atomic E-state index is 12.0. The summed E-state index contributed by atoms with van der Waals surface area (Å²) in [5.74, 6) is -2.45. The van der Waals surface area contributed by atoms with Crippen molar-refractivity contribution in [1.29, 1.82) is 0 Å². The number of hydrogen-bond donors (Lipinski definition) is 2. The molecule has 0 aliphatic rings. The number of thiophene rings is 1. The van der Waals surface area contributed by atoms with E-state index < -0.39 is 17.8 Å². The van der Waals surface area contributed by atoms with Crippen LogP contribution in [0.15, 0.2) is 42.5 Å². The fourth-order valence-electron chi connectivity index (χ4n) is 2.33. The molecule has 0 aliphatic carbocycles. The molecular weight excluding hydrogens is 366 g/mol. The minimum atomic E-state index is -1.23. The zero-order valence-electron chi connectivity index (χ0n) is 15.5. The first-order valence-electron chi connectivity index (χ1n) is 8.17. The second kappa shape index (κ2) is 8.18. The summed E-state index contributed by atoms with van der Waals surface area (Å²) in [6.07, 6.45) is 1.62. The molecule has 0 bridgehead atoms. The van der Waals surface area contributed by atoms with Crippen molar-refractivity contribution in [1.82, 2.24) is 0 Å². The molecule has 2 aromatic rings. The predicted octanol–water partition coefficient (Wildman–Crippen LogP) is 4.08. The summed E-state index contributed by atoms with van der Waals surface area (Å²) in [6.45, 7) is 6.38. The maximum absolute atomic E-state index is 12.0. The molecule has 142 valence electrons. The fourth-order valence-corrected chi connectivity index (χ4v) is 3.36. The molecule has 2 rings (SSSR count). The molecule has 6 nitrogen and oxygen atoms in total. The fraction of sp³-hybridized carbons (Fsp3) is 0.250. The molecule has 0 saturated heterocycles. The van der Waals surface area contributed by atoms with Crippen LogP contribution < -0.4 is 5.32 Å². The third kappa shape index (κ3) is 5.27. The number of anilines is 1. The lowest BCUT2D eigenvalue weighted by molar-refractivity contribution is -0.131. The summed E-state index contributed by atoms with van der Waals surface area (Å²) < 4.78 is 4.78. The van der Waals surface area contributed by atoms with Gasteiger partial charge in [-0.05, 0) is 22.6 Å². The molecule has 1 amide bonds. The van der Waals surface area contributed by atoms with Gasteiger partial charge in [0.25, 0.3) is 0 Å². The van der Waals surface area contributed by atoms with Crippen molar-refractivity contribution in [3.63, 3.8) is 0 Å². The highest BCUT2D eigenvalue weighted by molar-refractivity contribution is 7.18. The van der Waals surface area contributed by atoms with E-state index in [1.54, 1.807) is 6.07 Å². The highest BCUT2D eigenvalue weighted by Crippen LogP contribution is 2.36. The number of amides is 1. The van der Waals surface area contributed by atoms with Crippen LogP contribution in [0.3, 0.4) is 0 Å². The number of aliphatic carboxylic acids is 1. The van der Waals surface area contributed by atoms with Crippen LogP contribution in [0.5, 0.6) is 0 Å². The number of carbonyl (C=O) groups is 3. The SMILES string of the molecule is COC(=O)c1sc(-c2ccc(C(C)(C)C)cc2)cc1NC(=O)/C=C/C(=O)O. The van der Waals surface area contributed by atoms with Gasteiger partial charge in [0.1, 0.15) is 4.88 Å². The molecule has 0 fully saturated rings.